The molecule has 3 aromatic rings. The second kappa shape index (κ2) is 8.68. The number of thioether (sulfide) groups is 1. The minimum Gasteiger partial charge on any atom is -0.497 e. The van der Waals surface area contributed by atoms with E-state index in [-0.39, 0.29) is 6.61 Å². The van der Waals surface area contributed by atoms with Gasteiger partial charge in [0.25, 0.3) is 0 Å². The Bertz CT molecular complexity index is 838. The molecule has 7 nitrogen and oxygen atoms in total. The first-order chi connectivity index (χ1) is 12.7. The number of aromatic nitrogens is 4. The Kier molecular flexibility index (Phi) is 6.08. The molecule has 0 amide bonds. The largest absolute Gasteiger partial charge is 0.497 e. The topological polar surface area (TPSA) is 82.3 Å². The van der Waals surface area contributed by atoms with E-state index in [1.807, 2.05) is 55.5 Å². The molecule has 2 aromatic carbocycles. The third-order valence-electron chi connectivity index (χ3n) is 3.69. The van der Waals surface area contributed by atoms with Gasteiger partial charge < -0.3 is 14.6 Å². The highest BCUT2D eigenvalue weighted by Gasteiger charge is 2.13. The SMILES string of the molecule is COc1ccc(-n2nnnc2SC[C@H](O)COc2ccccc2C)cc1. The van der Waals surface area contributed by atoms with Gasteiger partial charge in [0.15, 0.2) is 0 Å². The van der Waals surface area contributed by atoms with E-state index in [4.69, 9.17) is 9.47 Å². The summed E-state index contributed by atoms with van der Waals surface area (Å²) in [4.78, 5) is 0. The molecule has 0 aliphatic rings. The van der Waals surface area contributed by atoms with Crippen molar-refractivity contribution in [2.75, 3.05) is 19.5 Å². The van der Waals surface area contributed by atoms with E-state index < -0.39 is 6.10 Å². The maximum absolute atomic E-state index is 10.2. The number of benzene rings is 2. The quantitative estimate of drug-likeness (QED) is 0.608. The van der Waals surface area contributed by atoms with Crippen molar-refractivity contribution in [1.29, 1.82) is 0 Å². The maximum atomic E-state index is 10.2. The molecule has 8 heteroatoms. The van der Waals surface area contributed by atoms with Crippen LogP contribution in [0.1, 0.15) is 5.56 Å². The summed E-state index contributed by atoms with van der Waals surface area (Å²) in [5.41, 5.74) is 1.86. The predicted octanol–water partition coefficient (Wildman–Crippen LogP) is 2.51. The Hall–Kier alpha value is -2.58. The molecule has 0 saturated heterocycles. The van der Waals surface area contributed by atoms with Gasteiger partial charge in [-0.25, -0.2) is 0 Å². The van der Waals surface area contributed by atoms with Crippen molar-refractivity contribution in [2.24, 2.45) is 0 Å². The third kappa shape index (κ3) is 4.53. The zero-order chi connectivity index (χ0) is 18.4. The average molecular weight is 372 g/mol. The van der Waals surface area contributed by atoms with Gasteiger partial charge in [-0.15, -0.1) is 5.10 Å². The number of aliphatic hydroxyl groups excluding tert-OH is 1. The summed E-state index contributed by atoms with van der Waals surface area (Å²) in [7, 11) is 1.62. The van der Waals surface area contributed by atoms with Crippen LogP contribution in [-0.2, 0) is 0 Å². The number of para-hydroxylation sites is 1. The third-order valence-corrected chi connectivity index (χ3v) is 4.75. The number of rotatable bonds is 8. The van der Waals surface area contributed by atoms with Gasteiger partial charge in [0.1, 0.15) is 18.1 Å². The summed E-state index contributed by atoms with van der Waals surface area (Å²) in [5, 5.41) is 22.5. The summed E-state index contributed by atoms with van der Waals surface area (Å²) in [6, 6.07) is 15.2. The molecule has 0 saturated carbocycles. The lowest BCUT2D eigenvalue weighted by Gasteiger charge is -2.13. The van der Waals surface area contributed by atoms with Crippen molar-refractivity contribution in [2.45, 2.75) is 18.2 Å². The van der Waals surface area contributed by atoms with Gasteiger partial charge in [-0.3, -0.25) is 0 Å². The highest BCUT2D eigenvalue weighted by atomic mass is 32.2. The molecule has 1 atom stereocenters. The second-order valence-electron chi connectivity index (χ2n) is 5.61. The molecule has 0 aliphatic heterocycles. The lowest BCUT2D eigenvalue weighted by Crippen LogP contribution is -2.20. The predicted molar refractivity (Wildman–Crippen MR) is 99.1 cm³/mol. The number of hydrogen-bond donors (Lipinski definition) is 1. The van der Waals surface area contributed by atoms with E-state index in [2.05, 4.69) is 15.5 Å². The molecular weight excluding hydrogens is 352 g/mol. The first-order valence-electron chi connectivity index (χ1n) is 8.09. The van der Waals surface area contributed by atoms with Gasteiger partial charge in [-0.05, 0) is 53.2 Å². The number of aryl methyl sites for hydroxylation is 1. The Balaban J connectivity index is 1.56. The summed E-state index contributed by atoms with van der Waals surface area (Å²) >= 11 is 1.37. The Morgan fingerprint density at radius 3 is 2.65 bits per heavy atom. The molecule has 0 aliphatic carbocycles. The van der Waals surface area contributed by atoms with Crippen LogP contribution in [0.25, 0.3) is 5.69 Å². The van der Waals surface area contributed by atoms with Crippen molar-refractivity contribution in [3.8, 4) is 17.2 Å². The van der Waals surface area contributed by atoms with Gasteiger partial charge in [0.2, 0.25) is 5.16 Å². The van der Waals surface area contributed by atoms with Crippen LogP contribution in [0.5, 0.6) is 11.5 Å². The fourth-order valence-electron chi connectivity index (χ4n) is 2.28. The van der Waals surface area contributed by atoms with Crippen molar-refractivity contribution >= 4 is 11.8 Å². The molecule has 1 N–H and O–H groups in total. The standard InChI is InChI=1S/C18H20N4O3S/c1-13-5-3-4-6-17(13)25-11-15(23)12-26-18-19-20-21-22(18)14-7-9-16(24-2)10-8-14/h3-10,15,23H,11-12H2,1-2H3/t15-/m1/s1. The minimum absolute atomic E-state index is 0.210. The Morgan fingerprint density at radius 1 is 1.15 bits per heavy atom. The fourth-order valence-corrected chi connectivity index (χ4v) is 3.07. The molecule has 0 fully saturated rings. The number of hydrogen-bond acceptors (Lipinski definition) is 7. The number of methoxy groups -OCH3 is 1. The van der Waals surface area contributed by atoms with Crippen LogP contribution in [-0.4, -0.2) is 50.9 Å². The van der Waals surface area contributed by atoms with Gasteiger partial charge in [0, 0.05) is 5.75 Å². The van der Waals surface area contributed by atoms with E-state index in [0.29, 0.717) is 10.9 Å². The van der Waals surface area contributed by atoms with Crippen LogP contribution in [0, 0.1) is 6.92 Å². The van der Waals surface area contributed by atoms with E-state index >= 15 is 0 Å². The lowest BCUT2D eigenvalue weighted by atomic mass is 10.2. The highest BCUT2D eigenvalue weighted by Crippen LogP contribution is 2.21. The van der Waals surface area contributed by atoms with Crippen LogP contribution >= 0.6 is 11.8 Å². The molecule has 26 heavy (non-hydrogen) atoms. The highest BCUT2D eigenvalue weighted by molar-refractivity contribution is 7.99. The van der Waals surface area contributed by atoms with Crippen molar-refractivity contribution in [3.63, 3.8) is 0 Å². The van der Waals surface area contributed by atoms with Gasteiger partial charge in [-0.1, -0.05) is 30.0 Å². The minimum atomic E-state index is -0.638. The summed E-state index contributed by atoms with van der Waals surface area (Å²) in [5.74, 6) is 1.96. The molecule has 0 spiro atoms. The molecule has 3 rings (SSSR count). The van der Waals surface area contributed by atoms with Gasteiger partial charge >= 0.3 is 0 Å². The van der Waals surface area contributed by atoms with E-state index in [1.165, 1.54) is 11.8 Å². The molecule has 1 heterocycles. The zero-order valence-electron chi connectivity index (χ0n) is 14.6. The van der Waals surface area contributed by atoms with Crippen LogP contribution in [0.3, 0.4) is 0 Å². The van der Waals surface area contributed by atoms with Crippen LogP contribution < -0.4 is 9.47 Å². The molecule has 0 unspecified atom stereocenters. The van der Waals surface area contributed by atoms with Crippen LogP contribution in [0.4, 0.5) is 0 Å². The van der Waals surface area contributed by atoms with Gasteiger partial charge in [-0.2, -0.15) is 4.68 Å². The molecule has 0 bridgehead atoms. The van der Waals surface area contributed by atoms with E-state index in [9.17, 15) is 5.11 Å². The number of aliphatic hydroxyl groups is 1. The van der Waals surface area contributed by atoms with Crippen LogP contribution in [0.2, 0.25) is 0 Å². The fraction of sp³-hybridized carbons (Fsp3) is 0.278. The van der Waals surface area contributed by atoms with Crippen molar-refractivity contribution in [3.05, 3.63) is 54.1 Å². The molecule has 1 aromatic heterocycles. The summed E-state index contributed by atoms with van der Waals surface area (Å²) < 4.78 is 12.5. The molecule has 0 radical (unpaired) electrons. The Labute approximate surface area is 155 Å². The van der Waals surface area contributed by atoms with Gasteiger partial charge in [0.05, 0.1) is 18.9 Å². The molecule has 136 valence electrons. The van der Waals surface area contributed by atoms with E-state index in [1.54, 1.807) is 11.8 Å². The summed E-state index contributed by atoms with van der Waals surface area (Å²) in [6.45, 7) is 2.18. The Morgan fingerprint density at radius 2 is 1.92 bits per heavy atom. The lowest BCUT2D eigenvalue weighted by molar-refractivity contribution is 0.126. The number of nitrogens with zero attached hydrogens (tertiary/aromatic N) is 4. The maximum Gasteiger partial charge on any atom is 0.214 e. The van der Waals surface area contributed by atoms with Crippen molar-refractivity contribution < 1.29 is 14.6 Å². The first-order valence-corrected chi connectivity index (χ1v) is 9.08. The zero-order valence-corrected chi connectivity index (χ0v) is 15.4. The molecular formula is C18H20N4O3S. The van der Waals surface area contributed by atoms with Crippen molar-refractivity contribution in [1.82, 2.24) is 20.2 Å². The second-order valence-corrected chi connectivity index (χ2v) is 6.60. The smallest absolute Gasteiger partial charge is 0.214 e. The first kappa shape index (κ1) is 18.2. The average Bonchev–Trinajstić information content (AvgIpc) is 3.14. The summed E-state index contributed by atoms with van der Waals surface area (Å²) in [6.07, 6.45) is -0.638. The number of tetrazole rings is 1. The number of ether oxygens (including phenoxy) is 2. The van der Waals surface area contributed by atoms with Crippen LogP contribution in [0.15, 0.2) is 53.7 Å². The normalized spacial score (nSPS) is 12.0. The monoisotopic (exact) mass is 372 g/mol. The van der Waals surface area contributed by atoms with E-state index in [0.717, 1.165) is 22.7 Å².